The summed E-state index contributed by atoms with van der Waals surface area (Å²) in [6.07, 6.45) is 1.31. The molecule has 7 heteroatoms. The summed E-state index contributed by atoms with van der Waals surface area (Å²) in [5.41, 5.74) is 0. The van der Waals surface area contributed by atoms with Crippen LogP contribution in [0, 0.1) is 5.92 Å². The third kappa shape index (κ3) is 7.12. The third-order valence-corrected chi connectivity index (χ3v) is 5.05. The Morgan fingerprint density at radius 1 is 1.26 bits per heavy atom. The molecule has 1 aromatic rings. The van der Waals surface area contributed by atoms with Crippen LogP contribution < -0.4 is 10.1 Å². The number of aliphatic imine (C=N–C) groups is 1. The number of halogens is 1. The van der Waals surface area contributed by atoms with Gasteiger partial charge in [0.1, 0.15) is 11.9 Å². The molecular weight excluding hydrogens is 455 g/mol. The van der Waals surface area contributed by atoms with Crippen LogP contribution in [-0.4, -0.2) is 81.4 Å². The zero-order chi connectivity index (χ0) is 18.2. The van der Waals surface area contributed by atoms with Crippen molar-refractivity contribution in [2.45, 2.75) is 19.4 Å². The van der Waals surface area contributed by atoms with Crippen LogP contribution in [0.3, 0.4) is 0 Å². The molecule has 3 rings (SSSR count). The molecular formula is C20H33IN4O2. The predicted molar refractivity (Wildman–Crippen MR) is 120 cm³/mol. The van der Waals surface area contributed by atoms with Crippen molar-refractivity contribution < 1.29 is 9.47 Å². The first-order valence-corrected chi connectivity index (χ1v) is 9.72. The van der Waals surface area contributed by atoms with Crippen molar-refractivity contribution in [3.05, 3.63) is 30.3 Å². The van der Waals surface area contributed by atoms with E-state index in [0.717, 1.165) is 57.6 Å². The van der Waals surface area contributed by atoms with Gasteiger partial charge in [0.2, 0.25) is 0 Å². The maximum atomic E-state index is 5.94. The van der Waals surface area contributed by atoms with Crippen molar-refractivity contribution in [3.63, 3.8) is 0 Å². The molecule has 2 unspecified atom stereocenters. The van der Waals surface area contributed by atoms with Crippen molar-refractivity contribution in [2.24, 2.45) is 10.9 Å². The molecule has 0 spiro atoms. The van der Waals surface area contributed by atoms with E-state index in [1.54, 1.807) is 0 Å². The van der Waals surface area contributed by atoms with Crippen molar-refractivity contribution in [1.82, 2.24) is 15.1 Å². The van der Waals surface area contributed by atoms with Gasteiger partial charge >= 0.3 is 0 Å². The van der Waals surface area contributed by atoms with Crippen LogP contribution in [0.4, 0.5) is 0 Å². The number of para-hydroxylation sites is 1. The van der Waals surface area contributed by atoms with Gasteiger partial charge in [0.05, 0.1) is 19.8 Å². The molecule has 0 bridgehead atoms. The molecule has 6 nitrogen and oxygen atoms in total. The normalized spacial score (nSPS) is 22.2. The maximum Gasteiger partial charge on any atom is 0.193 e. The Morgan fingerprint density at radius 2 is 2.00 bits per heavy atom. The second kappa shape index (κ2) is 11.7. The van der Waals surface area contributed by atoms with Crippen LogP contribution in [-0.2, 0) is 4.74 Å². The number of benzene rings is 1. The number of guanidine groups is 1. The first-order valence-electron chi connectivity index (χ1n) is 9.72. The second-order valence-corrected chi connectivity index (χ2v) is 7.18. The van der Waals surface area contributed by atoms with E-state index in [9.17, 15) is 0 Å². The van der Waals surface area contributed by atoms with Crippen molar-refractivity contribution in [1.29, 1.82) is 0 Å². The topological polar surface area (TPSA) is 49.3 Å². The minimum absolute atomic E-state index is 0. The monoisotopic (exact) mass is 488 g/mol. The Bertz CT molecular complexity index is 566. The molecule has 27 heavy (non-hydrogen) atoms. The molecule has 2 aliphatic heterocycles. The quantitative estimate of drug-likeness (QED) is 0.379. The molecule has 2 saturated heterocycles. The number of morpholine rings is 1. The molecule has 1 N–H and O–H groups in total. The van der Waals surface area contributed by atoms with Gasteiger partial charge in [-0.3, -0.25) is 9.89 Å². The second-order valence-electron chi connectivity index (χ2n) is 7.18. The number of nitrogens with zero attached hydrogens (tertiary/aromatic N) is 3. The predicted octanol–water partition coefficient (Wildman–Crippen LogP) is 2.30. The number of nitrogens with one attached hydrogen (secondary N) is 1. The summed E-state index contributed by atoms with van der Waals surface area (Å²) < 4.78 is 11.4. The Balaban J connectivity index is 0.00000261. The van der Waals surface area contributed by atoms with Gasteiger partial charge in [0, 0.05) is 39.8 Å². The molecule has 152 valence electrons. The van der Waals surface area contributed by atoms with E-state index in [4.69, 9.17) is 9.47 Å². The number of likely N-dealkylation sites (tertiary alicyclic amines) is 1. The molecule has 0 saturated carbocycles. The Labute approximate surface area is 180 Å². The average molecular weight is 488 g/mol. The van der Waals surface area contributed by atoms with Gasteiger partial charge in [0.25, 0.3) is 0 Å². The molecule has 0 radical (unpaired) electrons. The van der Waals surface area contributed by atoms with Crippen LogP contribution >= 0.6 is 24.0 Å². The van der Waals surface area contributed by atoms with E-state index in [2.05, 4.69) is 27.0 Å². The minimum Gasteiger partial charge on any atom is -0.489 e. The van der Waals surface area contributed by atoms with Crippen molar-refractivity contribution in [3.8, 4) is 5.75 Å². The van der Waals surface area contributed by atoms with Gasteiger partial charge in [0.15, 0.2) is 5.96 Å². The smallest absolute Gasteiger partial charge is 0.193 e. The minimum atomic E-state index is 0. The van der Waals surface area contributed by atoms with Crippen LogP contribution in [0.1, 0.15) is 13.3 Å². The van der Waals surface area contributed by atoms with Crippen molar-refractivity contribution in [2.75, 3.05) is 59.5 Å². The number of hydrogen-bond acceptors (Lipinski definition) is 4. The van der Waals surface area contributed by atoms with E-state index in [1.165, 1.54) is 13.0 Å². The van der Waals surface area contributed by atoms with E-state index in [-0.39, 0.29) is 30.1 Å². The Hall–Kier alpha value is -1.06. The lowest BCUT2D eigenvalue weighted by atomic mass is 10.1. The molecule has 1 aromatic carbocycles. The highest BCUT2D eigenvalue weighted by atomic mass is 127. The highest BCUT2D eigenvalue weighted by Crippen LogP contribution is 2.18. The van der Waals surface area contributed by atoms with Crippen LogP contribution in [0.5, 0.6) is 5.75 Å². The van der Waals surface area contributed by atoms with E-state index in [0.29, 0.717) is 5.92 Å². The largest absolute Gasteiger partial charge is 0.489 e. The van der Waals surface area contributed by atoms with Gasteiger partial charge in [-0.25, -0.2) is 0 Å². The Morgan fingerprint density at radius 3 is 2.70 bits per heavy atom. The molecule has 2 aliphatic rings. The molecule has 2 heterocycles. The summed E-state index contributed by atoms with van der Waals surface area (Å²) in [4.78, 5) is 9.38. The van der Waals surface area contributed by atoms with Gasteiger partial charge in [-0.2, -0.15) is 0 Å². The fourth-order valence-electron chi connectivity index (χ4n) is 3.66. The van der Waals surface area contributed by atoms with Gasteiger partial charge in [-0.1, -0.05) is 18.2 Å². The summed E-state index contributed by atoms with van der Waals surface area (Å²) in [7, 11) is 1.86. The van der Waals surface area contributed by atoms with Crippen LogP contribution in [0.15, 0.2) is 35.3 Å². The third-order valence-electron chi connectivity index (χ3n) is 5.05. The average Bonchev–Trinajstić information content (AvgIpc) is 3.12. The van der Waals surface area contributed by atoms with Gasteiger partial charge in [-0.05, 0) is 31.4 Å². The van der Waals surface area contributed by atoms with E-state index >= 15 is 0 Å². The molecule has 2 atom stereocenters. The van der Waals surface area contributed by atoms with Gasteiger partial charge < -0.3 is 19.7 Å². The first kappa shape index (κ1) is 22.2. The molecule has 0 aliphatic carbocycles. The highest BCUT2D eigenvalue weighted by molar-refractivity contribution is 14.0. The fourth-order valence-corrected chi connectivity index (χ4v) is 3.66. The number of rotatable bonds is 6. The van der Waals surface area contributed by atoms with Crippen molar-refractivity contribution >= 4 is 29.9 Å². The lowest BCUT2D eigenvalue weighted by Gasteiger charge is -2.29. The zero-order valence-corrected chi connectivity index (χ0v) is 18.8. The summed E-state index contributed by atoms with van der Waals surface area (Å²) in [5.74, 6) is 2.60. The van der Waals surface area contributed by atoms with Crippen LogP contribution in [0.25, 0.3) is 0 Å². The molecule has 0 amide bonds. The van der Waals surface area contributed by atoms with E-state index < -0.39 is 0 Å². The lowest BCUT2D eigenvalue weighted by Crippen LogP contribution is -2.44. The summed E-state index contributed by atoms with van der Waals surface area (Å²) >= 11 is 0. The highest BCUT2D eigenvalue weighted by Gasteiger charge is 2.27. The zero-order valence-electron chi connectivity index (χ0n) is 16.5. The van der Waals surface area contributed by atoms with Gasteiger partial charge in [-0.15, -0.1) is 24.0 Å². The summed E-state index contributed by atoms with van der Waals surface area (Å²) in [6, 6.07) is 9.96. The lowest BCUT2D eigenvalue weighted by molar-refractivity contribution is 0.0315. The standard InChI is InChI=1S/C20H32N4O2.HI/c1-17(26-19-6-4-3-5-7-19)14-22-20(21-2)24-9-8-18(16-24)15-23-10-12-25-13-11-23;/h3-7,17-18H,8-16H2,1-2H3,(H,21,22);1H. The first-order chi connectivity index (χ1) is 12.7. The maximum absolute atomic E-state index is 5.94. The Kier molecular flexibility index (Phi) is 9.64. The number of hydrogen-bond donors (Lipinski definition) is 1. The summed E-state index contributed by atoms with van der Waals surface area (Å²) in [5, 5.41) is 3.47. The SMILES string of the molecule is CN=C(NCC(C)Oc1ccccc1)N1CCC(CN2CCOCC2)C1.I. The number of ether oxygens (including phenoxy) is 2. The molecule has 0 aromatic heterocycles. The molecule has 2 fully saturated rings. The van der Waals surface area contributed by atoms with E-state index in [1.807, 2.05) is 37.4 Å². The fraction of sp³-hybridized carbons (Fsp3) is 0.650. The van der Waals surface area contributed by atoms with Crippen LogP contribution in [0.2, 0.25) is 0 Å². The summed E-state index contributed by atoms with van der Waals surface area (Å²) in [6.45, 7) is 10.0.